The molecular weight excluding hydrogens is 500 g/mol. The van der Waals surface area contributed by atoms with Crippen LogP contribution >= 0.6 is 70.2 Å². The maximum atomic E-state index is 12.5. The molecule has 0 aliphatic carbocycles. The Bertz CT molecular complexity index is 875. The molecule has 0 heterocycles. The van der Waals surface area contributed by atoms with Crippen molar-refractivity contribution in [3.8, 4) is 5.75 Å². The second kappa shape index (κ2) is 10.8. The zero-order valence-corrected chi connectivity index (χ0v) is 19.5. The second-order valence-corrected chi connectivity index (χ2v) is 9.25. The summed E-state index contributed by atoms with van der Waals surface area (Å²) in [6.07, 6.45) is -1.14. The third-order valence-corrected chi connectivity index (χ3v) is 4.90. The van der Waals surface area contributed by atoms with Crippen molar-refractivity contribution in [2.24, 2.45) is 0 Å². The first-order valence-corrected chi connectivity index (χ1v) is 10.5. The number of ether oxygens (including phenoxy) is 1. The fraction of sp³-hybridized carbons (Fsp3) is 0.222. The normalized spacial score (nSPS) is 12.1. The summed E-state index contributed by atoms with van der Waals surface area (Å²) in [5.41, 5.74) is 0.851. The maximum absolute atomic E-state index is 12.5. The molecule has 1 atom stereocenters. The van der Waals surface area contributed by atoms with Crippen LogP contribution in [0.4, 0.5) is 5.69 Å². The van der Waals surface area contributed by atoms with Crippen LogP contribution in [-0.4, -0.2) is 27.6 Å². The average molecular weight is 516 g/mol. The van der Waals surface area contributed by atoms with E-state index in [0.717, 1.165) is 5.75 Å². The minimum absolute atomic E-state index is 0.132. The standard InChI is InChI=1S/C18H16Cl5N3O2S/c1-2-28-12-6-4-11(5-7-12)24-17(29)26-16(18(21,22)23)25-15(27)13-8-3-10(19)9-14(13)20/h3-9,16H,2H2,1H3,(H,25,27)(H2,24,26,29). The van der Waals surface area contributed by atoms with E-state index in [-0.39, 0.29) is 15.7 Å². The summed E-state index contributed by atoms with van der Waals surface area (Å²) in [6.45, 7) is 2.46. The van der Waals surface area contributed by atoms with Crippen LogP contribution in [0, 0.1) is 0 Å². The van der Waals surface area contributed by atoms with E-state index in [1.54, 1.807) is 24.3 Å². The monoisotopic (exact) mass is 513 g/mol. The summed E-state index contributed by atoms with van der Waals surface area (Å²) in [6, 6.07) is 11.5. The number of rotatable bonds is 6. The highest BCUT2D eigenvalue weighted by Gasteiger charge is 2.35. The molecule has 3 N–H and O–H groups in total. The summed E-state index contributed by atoms with van der Waals surface area (Å²) in [4.78, 5) is 12.5. The number of carbonyl (C=O) groups excluding carboxylic acids is 1. The van der Waals surface area contributed by atoms with Gasteiger partial charge in [0.15, 0.2) is 5.11 Å². The van der Waals surface area contributed by atoms with Gasteiger partial charge in [-0.25, -0.2) is 0 Å². The minimum atomic E-state index is -1.90. The van der Waals surface area contributed by atoms with Gasteiger partial charge in [0.2, 0.25) is 3.79 Å². The molecule has 0 saturated carbocycles. The fourth-order valence-corrected chi connectivity index (χ4v) is 3.24. The van der Waals surface area contributed by atoms with Crippen LogP contribution in [0.5, 0.6) is 5.75 Å². The number of hydrogen-bond acceptors (Lipinski definition) is 3. The van der Waals surface area contributed by atoms with Crippen molar-refractivity contribution < 1.29 is 9.53 Å². The zero-order valence-electron chi connectivity index (χ0n) is 14.9. The Morgan fingerprint density at radius 3 is 2.31 bits per heavy atom. The molecular formula is C18H16Cl5N3O2S. The number of thiocarbonyl (C=S) groups is 1. The third-order valence-electron chi connectivity index (χ3n) is 3.48. The van der Waals surface area contributed by atoms with Crippen molar-refractivity contribution in [1.29, 1.82) is 0 Å². The van der Waals surface area contributed by atoms with Gasteiger partial charge >= 0.3 is 0 Å². The van der Waals surface area contributed by atoms with Gasteiger partial charge in [-0.05, 0) is 61.6 Å². The van der Waals surface area contributed by atoms with E-state index in [9.17, 15) is 4.79 Å². The van der Waals surface area contributed by atoms with Gasteiger partial charge in [-0.2, -0.15) is 0 Å². The van der Waals surface area contributed by atoms with Crippen molar-refractivity contribution in [2.75, 3.05) is 11.9 Å². The van der Waals surface area contributed by atoms with Gasteiger partial charge in [-0.15, -0.1) is 0 Å². The first-order valence-electron chi connectivity index (χ1n) is 8.23. The smallest absolute Gasteiger partial charge is 0.254 e. The van der Waals surface area contributed by atoms with Crippen molar-refractivity contribution >= 4 is 86.9 Å². The molecule has 0 bridgehead atoms. The van der Waals surface area contributed by atoms with E-state index < -0.39 is 15.9 Å². The lowest BCUT2D eigenvalue weighted by Crippen LogP contribution is -2.56. The van der Waals surface area contributed by atoms with Crippen LogP contribution in [0.25, 0.3) is 0 Å². The van der Waals surface area contributed by atoms with Crippen molar-refractivity contribution in [1.82, 2.24) is 10.6 Å². The number of nitrogens with one attached hydrogen (secondary N) is 3. The van der Waals surface area contributed by atoms with Gasteiger partial charge in [0, 0.05) is 10.7 Å². The lowest BCUT2D eigenvalue weighted by Gasteiger charge is -2.28. The van der Waals surface area contributed by atoms with E-state index in [4.69, 9.17) is 75.0 Å². The summed E-state index contributed by atoms with van der Waals surface area (Å²) in [5.74, 6) is 0.155. The van der Waals surface area contributed by atoms with Crippen LogP contribution in [-0.2, 0) is 0 Å². The van der Waals surface area contributed by atoms with E-state index in [2.05, 4.69) is 16.0 Å². The van der Waals surface area contributed by atoms with E-state index >= 15 is 0 Å². The van der Waals surface area contributed by atoms with Crippen molar-refractivity contribution in [2.45, 2.75) is 16.9 Å². The number of carbonyl (C=O) groups is 1. The Morgan fingerprint density at radius 2 is 1.76 bits per heavy atom. The number of benzene rings is 2. The van der Waals surface area contributed by atoms with Gasteiger partial charge in [0.05, 0.1) is 17.2 Å². The lowest BCUT2D eigenvalue weighted by atomic mass is 10.2. The molecule has 0 aromatic heterocycles. The molecule has 0 aliphatic heterocycles. The number of anilines is 1. The Morgan fingerprint density at radius 1 is 1.10 bits per heavy atom. The van der Waals surface area contributed by atoms with Crippen LogP contribution in [0.3, 0.4) is 0 Å². The minimum Gasteiger partial charge on any atom is -0.494 e. The second-order valence-electron chi connectivity index (χ2n) is 5.63. The zero-order chi connectivity index (χ0) is 21.6. The summed E-state index contributed by atoms with van der Waals surface area (Å²) >= 11 is 35.1. The molecule has 0 spiro atoms. The first kappa shape index (κ1) is 24.1. The molecule has 29 heavy (non-hydrogen) atoms. The van der Waals surface area contributed by atoms with Gasteiger partial charge in [-0.1, -0.05) is 58.0 Å². The first-order chi connectivity index (χ1) is 13.6. The molecule has 0 aliphatic rings. The summed E-state index contributed by atoms with van der Waals surface area (Å²) < 4.78 is 3.48. The molecule has 2 aromatic carbocycles. The number of hydrogen-bond donors (Lipinski definition) is 3. The van der Waals surface area contributed by atoms with E-state index in [1.807, 2.05) is 6.92 Å². The highest BCUT2D eigenvalue weighted by Crippen LogP contribution is 2.30. The van der Waals surface area contributed by atoms with Crippen molar-refractivity contribution in [3.63, 3.8) is 0 Å². The number of alkyl halides is 3. The number of halogens is 5. The summed E-state index contributed by atoms with van der Waals surface area (Å²) in [7, 11) is 0. The molecule has 2 rings (SSSR count). The van der Waals surface area contributed by atoms with Crippen molar-refractivity contribution in [3.05, 3.63) is 58.1 Å². The summed E-state index contributed by atoms with van der Waals surface area (Å²) in [5, 5.41) is 8.95. The molecule has 0 radical (unpaired) electrons. The topological polar surface area (TPSA) is 62.4 Å². The van der Waals surface area contributed by atoms with Gasteiger partial charge in [-0.3, -0.25) is 4.79 Å². The predicted molar refractivity (Wildman–Crippen MR) is 125 cm³/mol. The number of amides is 1. The quantitative estimate of drug-likeness (QED) is 0.258. The highest BCUT2D eigenvalue weighted by molar-refractivity contribution is 7.80. The Balaban J connectivity index is 2.06. The average Bonchev–Trinajstić information content (AvgIpc) is 2.62. The molecule has 5 nitrogen and oxygen atoms in total. The van der Waals surface area contributed by atoms with E-state index in [1.165, 1.54) is 18.2 Å². The molecule has 156 valence electrons. The molecule has 1 unspecified atom stereocenters. The maximum Gasteiger partial charge on any atom is 0.254 e. The predicted octanol–water partition coefficient (Wildman–Crippen LogP) is 5.80. The Kier molecular flexibility index (Phi) is 8.94. The lowest BCUT2D eigenvalue weighted by molar-refractivity contribution is 0.0934. The van der Waals surface area contributed by atoms with Gasteiger partial charge < -0.3 is 20.7 Å². The third kappa shape index (κ3) is 7.55. The molecule has 0 fully saturated rings. The van der Waals surface area contributed by atoms with Gasteiger partial charge in [0.25, 0.3) is 5.91 Å². The van der Waals surface area contributed by atoms with Crippen LogP contribution < -0.4 is 20.7 Å². The van der Waals surface area contributed by atoms with Crippen LogP contribution in [0.2, 0.25) is 10.0 Å². The molecule has 1 amide bonds. The Labute approximate surface area is 198 Å². The Hall–Kier alpha value is -1.15. The van der Waals surface area contributed by atoms with Gasteiger partial charge in [0.1, 0.15) is 11.9 Å². The van der Waals surface area contributed by atoms with Crippen LogP contribution in [0.1, 0.15) is 17.3 Å². The SMILES string of the molecule is CCOc1ccc(NC(=S)NC(NC(=O)c2ccc(Cl)cc2Cl)C(Cl)(Cl)Cl)cc1. The van der Waals surface area contributed by atoms with E-state index in [0.29, 0.717) is 17.3 Å². The molecule has 2 aromatic rings. The molecule has 11 heteroatoms. The largest absolute Gasteiger partial charge is 0.494 e. The fourth-order valence-electron chi connectivity index (χ4n) is 2.18. The van der Waals surface area contributed by atoms with Crippen LogP contribution in [0.15, 0.2) is 42.5 Å². The highest BCUT2D eigenvalue weighted by atomic mass is 35.6. The molecule has 0 saturated heterocycles.